The highest BCUT2D eigenvalue weighted by atomic mass is 16.5. The standard InChI is InChI=1S/C19H22N2O3/c1-2-24-16-6-3-5-15(13-16)17-7-4-8-18(20-17)21-19(22)14-9-11-23-12-10-14/h3-8,13-14H,2,9-12H2,1H3,(H,20,21,22). The van der Waals surface area contributed by atoms with Gasteiger partial charge in [0.05, 0.1) is 12.3 Å². The number of nitrogens with one attached hydrogen (secondary N) is 1. The maximum Gasteiger partial charge on any atom is 0.228 e. The van der Waals surface area contributed by atoms with Crippen LogP contribution in [0, 0.1) is 5.92 Å². The fraction of sp³-hybridized carbons (Fsp3) is 0.368. The topological polar surface area (TPSA) is 60.5 Å². The molecule has 1 saturated heterocycles. The summed E-state index contributed by atoms with van der Waals surface area (Å²) in [6.07, 6.45) is 1.53. The Hall–Kier alpha value is -2.40. The third kappa shape index (κ3) is 4.11. The number of ether oxygens (including phenoxy) is 2. The van der Waals surface area contributed by atoms with Gasteiger partial charge in [-0.05, 0) is 44.0 Å². The molecule has 0 bridgehead atoms. The minimum Gasteiger partial charge on any atom is -0.494 e. The van der Waals surface area contributed by atoms with Gasteiger partial charge in [-0.2, -0.15) is 0 Å². The van der Waals surface area contributed by atoms with E-state index in [1.54, 1.807) is 0 Å². The lowest BCUT2D eigenvalue weighted by atomic mass is 9.99. The van der Waals surface area contributed by atoms with Crippen LogP contribution in [0.2, 0.25) is 0 Å². The quantitative estimate of drug-likeness (QED) is 0.913. The SMILES string of the molecule is CCOc1cccc(-c2cccc(NC(=O)C3CCOCC3)n2)c1. The van der Waals surface area contributed by atoms with Crippen LogP contribution in [-0.2, 0) is 9.53 Å². The second-order valence-electron chi connectivity index (χ2n) is 5.74. The first-order chi connectivity index (χ1) is 11.8. The maximum absolute atomic E-state index is 12.3. The number of aromatic nitrogens is 1. The van der Waals surface area contributed by atoms with Crippen LogP contribution in [0.3, 0.4) is 0 Å². The van der Waals surface area contributed by atoms with E-state index in [2.05, 4.69) is 10.3 Å². The van der Waals surface area contributed by atoms with E-state index >= 15 is 0 Å². The van der Waals surface area contributed by atoms with Gasteiger partial charge in [0.2, 0.25) is 5.91 Å². The van der Waals surface area contributed by atoms with E-state index in [0.717, 1.165) is 29.8 Å². The molecule has 1 N–H and O–H groups in total. The number of benzene rings is 1. The Kier molecular flexibility index (Phi) is 5.43. The van der Waals surface area contributed by atoms with Crippen LogP contribution < -0.4 is 10.1 Å². The summed E-state index contributed by atoms with van der Waals surface area (Å²) in [4.78, 5) is 16.9. The van der Waals surface area contributed by atoms with Gasteiger partial charge in [0.15, 0.2) is 0 Å². The number of anilines is 1. The second kappa shape index (κ2) is 7.93. The van der Waals surface area contributed by atoms with Gasteiger partial charge in [-0.1, -0.05) is 18.2 Å². The van der Waals surface area contributed by atoms with Crippen molar-refractivity contribution < 1.29 is 14.3 Å². The zero-order valence-electron chi connectivity index (χ0n) is 13.8. The maximum atomic E-state index is 12.3. The average Bonchev–Trinajstić information content (AvgIpc) is 2.63. The van der Waals surface area contributed by atoms with Gasteiger partial charge in [0, 0.05) is 24.7 Å². The number of hydrogen-bond acceptors (Lipinski definition) is 4. The summed E-state index contributed by atoms with van der Waals surface area (Å²) in [5.41, 5.74) is 1.77. The van der Waals surface area contributed by atoms with Gasteiger partial charge in [-0.25, -0.2) is 4.98 Å². The van der Waals surface area contributed by atoms with Crippen molar-refractivity contribution in [3.63, 3.8) is 0 Å². The molecule has 1 amide bonds. The summed E-state index contributed by atoms with van der Waals surface area (Å²) < 4.78 is 10.8. The highest BCUT2D eigenvalue weighted by Crippen LogP contribution is 2.24. The van der Waals surface area contributed by atoms with Gasteiger partial charge in [-0.15, -0.1) is 0 Å². The summed E-state index contributed by atoms with van der Waals surface area (Å²) >= 11 is 0. The number of rotatable bonds is 5. The summed E-state index contributed by atoms with van der Waals surface area (Å²) in [5.74, 6) is 1.41. The lowest BCUT2D eigenvalue weighted by molar-refractivity contribution is -0.122. The van der Waals surface area contributed by atoms with Crippen LogP contribution in [0.25, 0.3) is 11.3 Å². The molecule has 0 atom stereocenters. The Balaban J connectivity index is 1.74. The first-order valence-electron chi connectivity index (χ1n) is 8.35. The molecule has 24 heavy (non-hydrogen) atoms. The van der Waals surface area contributed by atoms with E-state index in [-0.39, 0.29) is 11.8 Å². The molecule has 3 rings (SSSR count). The highest BCUT2D eigenvalue weighted by Gasteiger charge is 2.21. The zero-order valence-corrected chi connectivity index (χ0v) is 13.8. The number of nitrogens with zero attached hydrogens (tertiary/aromatic N) is 1. The van der Waals surface area contributed by atoms with Gasteiger partial charge >= 0.3 is 0 Å². The monoisotopic (exact) mass is 326 g/mol. The first-order valence-corrected chi connectivity index (χ1v) is 8.35. The Labute approximate surface area is 142 Å². The van der Waals surface area contributed by atoms with E-state index < -0.39 is 0 Å². The third-order valence-electron chi connectivity index (χ3n) is 4.03. The second-order valence-corrected chi connectivity index (χ2v) is 5.74. The molecule has 5 nitrogen and oxygen atoms in total. The van der Waals surface area contributed by atoms with Crippen molar-refractivity contribution in [1.29, 1.82) is 0 Å². The predicted molar refractivity (Wildman–Crippen MR) is 93.0 cm³/mol. The van der Waals surface area contributed by atoms with Gasteiger partial charge in [-0.3, -0.25) is 4.79 Å². The molecule has 1 fully saturated rings. The molecule has 1 aliphatic heterocycles. The molecular formula is C19H22N2O3. The molecule has 1 aromatic heterocycles. The number of carbonyl (C=O) groups excluding carboxylic acids is 1. The Bertz CT molecular complexity index is 697. The minimum absolute atomic E-state index is 0.00508. The Morgan fingerprint density at radius 2 is 2.04 bits per heavy atom. The van der Waals surface area contributed by atoms with Gasteiger partial charge in [0.25, 0.3) is 0 Å². The largest absolute Gasteiger partial charge is 0.494 e. The number of carbonyl (C=O) groups is 1. The van der Waals surface area contributed by atoms with E-state index in [1.165, 1.54) is 0 Å². The lowest BCUT2D eigenvalue weighted by Gasteiger charge is -2.21. The summed E-state index contributed by atoms with van der Waals surface area (Å²) in [5, 5.41) is 2.92. The molecule has 0 aliphatic carbocycles. The highest BCUT2D eigenvalue weighted by molar-refractivity contribution is 5.92. The van der Waals surface area contributed by atoms with E-state index in [9.17, 15) is 4.79 Å². The van der Waals surface area contributed by atoms with E-state index in [1.807, 2.05) is 49.4 Å². The van der Waals surface area contributed by atoms with E-state index in [0.29, 0.717) is 25.6 Å². The molecule has 0 unspecified atom stereocenters. The fourth-order valence-electron chi connectivity index (χ4n) is 2.77. The molecule has 0 radical (unpaired) electrons. The summed E-state index contributed by atoms with van der Waals surface area (Å²) in [6, 6.07) is 13.4. The van der Waals surface area contributed by atoms with Crippen LogP contribution >= 0.6 is 0 Å². The number of pyridine rings is 1. The zero-order chi connectivity index (χ0) is 16.8. The molecule has 2 heterocycles. The molecule has 0 spiro atoms. The molecule has 0 saturated carbocycles. The number of hydrogen-bond donors (Lipinski definition) is 1. The van der Waals surface area contributed by atoms with Crippen molar-refractivity contribution in [2.45, 2.75) is 19.8 Å². The molecule has 1 aromatic carbocycles. The molecule has 5 heteroatoms. The minimum atomic E-state index is 0.00508. The normalized spacial score (nSPS) is 15.0. The molecule has 126 valence electrons. The Morgan fingerprint density at radius 3 is 2.83 bits per heavy atom. The molecular weight excluding hydrogens is 304 g/mol. The molecule has 1 aliphatic rings. The third-order valence-corrected chi connectivity index (χ3v) is 4.03. The molecule has 2 aromatic rings. The average molecular weight is 326 g/mol. The predicted octanol–water partition coefficient (Wildman–Crippen LogP) is 3.51. The van der Waals surface area contributed by atoms with Crippen molar-refractivity contribution in [2.24, 2.45) is 5.92 Å². The van der Waals surface area contributed by atoms with Crippen LogP contribution in [0.4, 0.5) is 5.82 Å². The van der Waals surface area contributed by atoms with E-state index in [4.69, 9.17) is 9.47 Å². The van der Waals surface area contributed by atoms with Gasteiger partial charge < -0.3 is 14.8 Å². The van der Waals surface area contributed by atoms with Crippen LogP contribution in [0.15, 0.2) is 42.5 Å². The number of amides is 1. The first kappa shape index (κ1) is 16.5. The van der Waals surface area contributed by atoms with Crippen LogP contribution in [0.1, 0.15) is 19.8 Å². The van der Waals surface area contributed by atoms with Crippen molar-refractivity contribution in [3.8, 4) is 17.0 Å². The fourth-order valence-corrected chi connectivity index (χ4v) is 2.77. The van der Waals surface area contributed by atoms with Crippen LogP contribution in [0.5, 0.6) is 5.75 Å². The van der Waals surface area contributed by atoms with Crippen molar-refractivity contribution in [1.82, 2.24) is 4.98 Å². The van der Waals surface area contributed by atoms with Crippen molar-refractivity contribution in [2.75, 3.05) is 25.1 Å². The van der Waals surface area contributed by atoms with Crippen molar-refractivity contribution in [3.05, 3.63) is 42.5 Å². The summed E-state index contributed by atoms with van der Waals surface area (Å²) in [7, 11) is 0. The lowest BCUT2D eigenvalue weighted by Crippen LogP contribution is -2.28. The van der Waals surface area contributed by atoms with Crippen LogP contribution in [-0.4, -0.2) is 30.7 Å². The summed E-state index contributed by atoms with van der Waals surface area (Å²) in [6.45, 7) is 3.88. The van der Waals surface area contributed by atoms with Crippen molar-refractivity contribution >= 4 is 11.7 Å². The van der Waals surface area contributed by atoms with Gasteiger partial charge in [0.1, 0.15) is 11.6 Å². The smallest absolute Gasteiger partial charge is 0.228 e. The Morgan fingerprint density at radius 1 is 1.25 bits per heavy atom.